The minimum atomic E-state index is -4.71. The second-order valence-electron chi connectivity index (χ2n) is 12.1. The third-order valence-electron chi connectivity index (χ3n) is 8.42. The highest BCUT2D eigenvalue weighted by Gasteiger charge is 2.35. The van der Waals surface area contributed by atoms with Gasteiger partial charge in [0.2, 0.25) is 11.9 Å². The third kappa shape index (κ3) is 8.49. The van der Waals surface area contributed by atoms with E-state index < -0.39 is 33.4 Å². The number of piperazine rings is 1. The summed E-state index contributed by atoms with van der Waals surface area (Å²) in [5.74, 6) is -0.740. The number of hydrogen-bond acceptors (Lipinski definition) is 10. The molecule has 1 aromatic heterocycles. The Morgan fingerprint density at radius 1 is 0.880 bits per heavy atom. The van der Waals surface area contributed by atoms with Crippen molar-refractivity contribution in [2.75, 3.05) is 59.4 Å². The first-order valence-corrected chi connectivity index (χ1v) is 17.7. The van der Waals surface area contributed by atoms with E-state index in [1.165, 1.54) is 18.2 Å². The Balaban J connectivity index is 1.05. The van der Waals surface area contributed by atoms with Gasteiger partial charge in [0, 0.05) is 81.7 Å². The molecule has 4 aromatic rings. The smallest absolute Gasteiger partial charge is 0.369 e. The SMILES string of the molecule is CS(=O)(=O)c1cccc(CNc2nc(Nc3ccc(N4CCN(Cc5cccc(N6CCC(=O)NC6=O)c5)CC4)cc3)ncc2C(F)(F)F)c1. The molecular formula is C34H35F3N8O4S. The molecule has 0 bridgehead atoms. The predicted octanol–water partition coefficient (Wildman–Crippen LogP) is 5.02. The van der Waals surface area contributed by atoms with Gasteiger partial charge < -0.3 is 15.5 Å². The summed E-state index contributed by atoms with van der Waals surface area (Å²) in [7, 11) is -3.48. The van der Waals surface area contributed by atoms with Crippen LogP contribution in [0.3, 0.4) is 0 Å². The van der Waals surface area contributed by atoms with Crippen molar-refractivity contribution in [2.24, 2.45) is 0 Å². The zero-order valence-electron chi connectivity index (χ0n) is 27.1. The molecule has 2 fully saturated rings. The van der Waals surface area contributed by atoms with Gasteiger partial charge in [-0.1, -0.05) is 24.3 Å². The summed E-state index contributed by atoms with van der Waals surface area (Å²) in [5, 5.41) is 8.01. The Hall–Kier alpha value is -5.22. The van der Waals surface area contributed by atoms with Crippen LogP contribution in [0.5, 0.6) is 0 Å². The van der Waals surface area contributed by atoms with Crippen molar-refractivity contribution >= 4 is 50.6 Å². The van der Waals surface area contributed by atoms with Gasteiger partial charge in [-0.3, -0.25) is 19.9 Å². The number of carbonyl (C=O) groups is 2. The summed E-state index contributed by atoms with van der Waals surface area (Å²) in [6, 6.07) is 20.8. The third-order valence-corrected chi connectivity index (χ3v) is 9.53. The maximum Gasteiger partial charge on any atom is 0.421 e. The fraction of sp³-hybridized carbons (Fsp3) is 0.294. The van der Waals surface area contributed by atoms with E-state index in [1.807, 2.05) is 48.5 Å². The van der Waals surface area contributed by atoms with E-state index in [-0.39, 0.29) is 29.7 Å². The molecule has 2 aliphatic heterocycles. The van der Waals surface area contributed by atoms with Crippen molar-refractivity contribution in [1.29, 1.82) is 0 Å². The van der Waals surface area contributed by atoms with Gasteiger partial charge in [-0.2, -0.15) is 18.2 Å². The van der Waals surface area contributed by atoms with Crippen molar-refractivity contribution in [1.82, 2.24) is 20.2 Å². The molecule has 0 spiro atoms. The summed E-state index contributed by atoms with van der Waals surface area (Å²) < 4.78 is 65.1. The topological polar surface area (TPSA) is 140 Å². The summed E-state index contributed by atoms with van der Waals surface area (Å²) in [5.41, 5.74) is 2.84. The van der Waals surface area contributed by atoms with Crippen LogP contribution in [0, 0.1) is 0 Å². The number of carbonyl (C=O) groups excluding carboxylic acids is 2. The number of hydrogen-bond donors (Lipinski definition) is 3. The molecule has 0 saturated carbocycles. The standard InChI is InChI=1S/C34H35F3N8O4S/c1-50(48,49)28-7-3-4-23(19-28)20-38-31-29(34(35,36)37)21-39-32(42-31)40-25-8-10-26(11-9-25)44-16-14-43(15-17-44)22-24-5-2-6-27(18-24)45-13-12-30(46)41-33(45)47/h2-11,18-19,21H,12-17,20,22H2,1H3,(H,41,46,47)(H2,38,39,40,42). The molecule has 16 heteroatoms. The Labute approximate surface area is 287 Å². The highest BCUT2D eigenvalue weighted by atomic mass is 32.2. The van der Waals surface area contributed by atoms with Crippen LogP contribution in [0.1, 0.15) is 23.1 Å². The second-order valence-corrected chi connectivity index (χ2v) is 14.1. The van der Waals surface area contributed by atoms with E-state index in [2.05, 4.69) is 35.7 Å². The highest BCUT2D eigenvalue weighted by molar-refractivity contribution is 7.90. The fourth-order valence-electron chi connectivity index (χ4n) is 5.80. The minimum Gasteiger partial charge on any atom is -0.369 e. The average molecular weight is 709 g/mol. The predicted molar refractivity (Wildman–Crippen MR) is 183 cm³/mol. The van der Waals surface area contributed by atoms with Crippen LogP contribution in [0.15, 0.2) is 83.9 Å². The van der Waals surface area contributed by atoms with Crippen molar-refractivity contribution in [3.8, 4) is 0 Å². The van der Waals surface area contributed by atoms with E-state index in [9.17, 15) is 31.2 Å². The lowest BCUT2D eigenvalue weighted by Crippen LogP contribution is -2.49. The molecule has 50 heavy (non-hydrogen) atoms. The Bertz CT molecular complexity index is 1990. The van der Waals surface area contributed by atoms with Gasteiger partial charge in [0.15, 0.2) is 9.84 Å². The van der Waals surface area contributed by atoms with Crippen LogP contribution >= 0.6 is 0 Å². The molecule has 2 saturated heterocycles. The number of nitrogens with one attached hydrogen (secondary N) is 3. The van der Waals surface area contributed by atoms with Crippen molar-refractivity contribution in [3.63, 3.8) is 0 Å². The Morgan fingerprint density at radius 3 is 2.30 bits per heavy atom. The van der Waals surface area contributed by atoms with Crippen LogP contribution in [0.25, 0.3) is 0 Å². The maximum atomic E-state index is 13.8. The van der Waals surface area contributed by atoms with E-state index in [4.69, 9.17) is 0 Å². The van der Waals surface area contributed by atoms with Gasteiger partial charge >= 0.3 is 12.2 Å². The quantitative estimate of drug-likeness (QED) is 0.206. The molecule has 3 heterocycles. The monoisotopic (exact) mass is 708 g/mol. The largest absolute Gasteiger partial charge is 0.421 e. The lowest BCUT2D eigenvalue weighted by molar-refractivity contribution is -0.137. The molecule has 0 unspecified atom stereocenters. The molecule has 3 N–H and O–H groups in total. The number of amides is 3. The molecule has 262 valence electrons. The molecule has 2 aliphatic rings. The lowest BCUT2D eigenvalue weighted by atomic mass is 10.1. The minimum absolute atomic E-state index is 0.0368. The van der Waals surface area contributed by atoms with Crippen LogP contribution < -0.4 is 25.8 Å². The van der Waals surface area contributed by atoms with Crippen LogP contribution in [-0.2, 0) is 33.9 Å². The number of anilines is 5. The molecule has 3 amide bonds. The fourth-order valence-corrected chi connectivity index (χ4v) is 6.49. The summed E-state index contributed by atoms with van der Waals surface area (Å²) in [6.45, 7) is 4.18. The zero-order chi connectivity index (χ0) is 35.5. The van der Waals surface area contributed by atoms with Gasteiger partial charge in [0.25, 0.3) is 0 Å². The molecule has 0 aliphatic carbocycles. The number of urea groups is 1. The van der Waals surface area contributed by atoms with Crippen molar-refractivity contribution < 1.29 is 31.2 Å². The molecule has 3 aromatic carbocycles. The summed E-state index contributed by atoms with van der Waals surface area (Å²) >= 11 is 0. The van der Waals surface area contributed by atoms with Gasteiger partial charge in [-0.15, -0.1) is 0 Å². The van der Waals surface area contributed by atoms with Gasteiger partial charge in [0.1, 0.15) is 11.4 Å². The molecule has 0 radical (unpaired) electrons. The number of sulfone groups is 1. The number of alkyl halides is 3. The Morgan fingerprint density at radius 2 is 1.60 bits per heavy atom. The lowest BCUT2D eigenvalue weighted by Gasteiger charge is -2.36. The number of benzene rings is 3. The number of aromatic nitrogens is 2. The molecule has 12 nitrogen and oxygen atoms in total. The van der Waals surface area contributed by atoms with Gasteiger partial charge in [0.05, 0.1) is 4.90 Å². The molecule has 6 rings (SSSR count). The second kappa shape index (κ2) is 14.3. The van der Waals surface area contributed by atoms with E-state index >= 15 is 0 Å². The first-order valence-electron chi connectivity index (χ1n) is 15.8. The van der Waals surface area contributed by atoms with Crippen LogP contribution in [-0.4, -0.2) is 74.2 Å². The zero-order valence-corrected chi connectivity index (χ0v) is 27.9. The van der Waals surface area contributed by atoms with E-state index in [0.29, 0.717) is 24.0 Å². The average Bonchev–Trinajstić information content (AvgIpc) is 3.07. The first kappa shape index (κ1) is 34.6. The van der Waals surface area contributed by atoms with E-state index in [0.717, 1.165) is 55.9 Å². The van der Waals surface area contributed by atoms with Crippen LogP contribution in [0.4, 0.5) is 46.8 Å². The number of imide groups is 1. The van der Waals surface area contributed by atoms with Crippen LogP contribution in [0.2, 0.25) is 0 Å². The van der Waals surface area contributed by atoms with Gasteiger partial charge in [-0.05, 0) is 59.7 Å². The number of rotatable bonds is 10. The highest BCUT2D eigenvalue weighted by Crippen LogP contribution is 2.34. The first-order chi connectivity index (χ1) is 23.8. The normalized spacial score (nSPS) is 15.9. The van der Waals surface area contributed by atoms with E-state index in [1.54, 1.807) is 11.0 Å². The molecule has 0 atom stereocenters. The number of nitrogens with zero attached hydrogens (tertiary/aromatic N) is 5. The Kier molecular flexibility index (Phi) is 9.93. The van der Waals surface area contributed by atoms with Gasteiger partial charge in [-0.25, -0.2) is 18.2 Å². The molecular weight excluding hydrogens is 673 g/mol. The summed E-state index contributed by atoms with van der Waals surface area (Å²) in [6.07, 6.45) is -2.67. The van der Waals surface area contributed by atoms with Crippen molar-refractivity contribution in [3.05, 3.63) is 95.7 Å². The number of halogens is 3. The maximum absolute atomic E-state index is 13.8. The van der Waals surface area contributed by atoms with Crippen molar-refractivity contribution in [2.45, 2.75) is 30.6 Å². The summed E-state index contributed by atoms with van der Waals surface area (Å²) in [4.78, 5) is 38.0.